The first kappa shape index (κ1) is 18.5. The van der Waals surface area contributed by atoms with Crippen LogP contribution in [0, 0.1) is 0 Å². The largest absolute Gasteiger partial charge is 0.394 e. The van der Waals surface area contributed by atoms with Crippen LogP contribution in [0.25, 0.3) is 11.1 Å². The third-order valence-electron chi connectivity index (χ3n) is 4.17. The lowest BCUT2D eigenvalue weighted by atomic mass is 10.1. The number of benzene rings is 1. The van der Waals surface area contributed by atoms with Crippen LogP contribution in [0.1, 0.15) is 38.7 Å². The van der Waals surface area contributed by atoms with Crippen LogP contribution in [-0.2, 0) is 0 Å². The number of hydrogen-bond acceptors (Lipinski definition) is 4. The van der Waals surface area contributed by atoms with E-state index in [1.165, 1.54) is 6.20 Å². The van der Waals surface area contributed by atoms with Crippen LogP contribution in [0.4, 0.5) is 5.82 Å². The topological polar surface area (TPSA) is 90.0 Å². The second kappa shape index (κ2) is 9.31. The number of H-pyrrole nitrogens is 1. The summed E-state index contributed by atoms with van der Waals surface area (Å²) in [6.45, 7) is 1.14. The third kappa shape index (κ3) is 5.29. The van der Waals surface area contributed by atoms with Crippen LogP contribution < -0.4 is 10.6 Å². The molecule has 8 heteroatoms. The summed E-state index contributed by atoms with van der Waals surface area (Å²) in [4.78, 5) is 19.8. The first-order valence-corrected chi connectivity index (χ1v) is 9.57. The molecule has 0 aliphatic carbocycles. The van der Waals surface area contributed by atoms with Crippen LogP contribution in [0.15, 0.2) is 48.8 Å². The van der Waals surface area contributed by atoms with Crippen molar-refractivity contribution in [3.63, 3.8) is 0 Å². The Morgan fingerprint density at radius 3 is 2.93 bits per heavy atom. The van der Waals surface area contributed by atoms with Crippen molar-refractivity contribution in [2.75, 3.05) is 11.9 Å². The summed E-state index contributed by atoms with van der Waals surface area (Å²) < 4.78 is 15.4. The second-order valence-corrected chi connectivity index (χ2v) is 7.36. The average Bonchev–Trinajstić information content (AvgIpc) is 3.23. The van der Waals surface area contributed by atoms with Gasteiger partial charge in [0.05, 0.1) is 19.0 Å². The maximum atomic E-state index is 12.7. The van der Waals surface area contributed by atoms with Gasteiger partial charge in [0.2, 0.25) is 0 Å². The molecule has 1 amide bonds. The van der Waals surface area contributed by atoms with Gasteiger partial charge in [0.15, 0.2) is 0 Å². The molecule has 2 aromatic heterocycles. The van der Waals surface area contributed by atoms with Gasteiger partial charge in [0, 0.05) is 35.9 Å². The SMILES string of the molecule is [2H]CC([2H])(C)Nc1cc(-c2c[nH]c(C(=O)NC(CO)c3cccc(Cl)c3)c2)c(Cl)cn1. The molecule has 0 bridgehead atoms. The standard InChI is InChI=1S/C21H22Cl2N4O2/c1-12(2)26-20-8-16(17(23)10-25-20)14-7-18(24-9-14)21(29)27-19(11-28)13-4-3-5-15(22)6-13/h3-10,12,19,24,28H,11H2,1-2H3,(H,25,26)(H,27,29)/i1D,12D. The minimum Gasteiger partial charge on any atom is -0.394 e. The molecule has 3 aromatic rings. The molecule has 0 radical (unpaired) electrons. The Balaban J connectivity index is 1.80. The van der Waals surface area contributed by atoms with Gasteiger partial charge in [-0.1, -0.05) is 35.3 Å². The summed E-state index contributed by atoms with van der Waals surface area (Å²) in [6, 6.07) is 8.42. The zero-order valence-corrected chi connectivity index (χ0v) is 17.2. The fourth-order valence-corrected chi connectivity index (χ4v) is 3.23. The molecule has 0 aliphatic rings. The Labute approximate surface area is 182 Å². The molecular weight excluding hydrogens is 411 g/mol. The van der Waals surface area contributed by atoms with Gasteiger partial charge >= 0.3 is 0 Å². The van der Waals surface area contributed by atoms with Crippen molar-refractivity contribution in [3.05, 3.63) is 70.1 Å². The number of carbonyl (C=O) groups excluding carboxylic acids is 1. The van der Waals surface area contributed by atoms with Gasteiger partial charge in [-0.2, -0.15) is 0 Å². The van der Waals surface area contributed by atoms with Crippen LogP contribution in [0.2, 0.25) is 10.0 Å². The average molecular weight is 435 g/mol. The van der Waals surface area contributed by atoms with E-state index in [2.05, 4.69) is 20.6 Å². The Kier molecular flexibility index (Phi) is 5.93. The van der Waals surface area contributed by atoms with Crippen molar-refractivity contribution in [2.45, 2.75) is 25.9 Å². The fourth-order valence-electron chi connectivity index (χ4n) is 2.82. The number of aliphatic hydroxyl groups excluding tert-OH is 1. The van der Waals surface area contributed by atoms with Crippen LogP contribution >= 0.6 is 23.2 Å². The number of nitrogens with one attached hydrogen (secondary N) is 3. The maximum absolute atomic E-state index is 12.7. The molecule has 2 heterocycles. The van der Waals surface area contributed by atoms with Gasteiger partial charge in [-0.3, -0.25) is 4.79 Å². The molecule has 4 N–H and O–H groups in total. The van der Waals surface area contributed by atoms with Crippen molar-refractivity contribution >= 4 is 34.9 Å². The first-order chi connectivity index (χ1) is 14.7. The number of pyridine rings is 1. The molecule has 152 valence electrons. The Morgan fingerprint density at radius 1 is 1.38 bits per heavy atom. The highest BCUT2D eigenvalue weighted by Crippen LogP contribution is 2.30. The van der Waals surface area contributed by atoms with Crippen molar-refractivity contribution in [1.29, 1.82) is 0 Å². The molecule has 0 saturated carbocycles. The first-order valence-electron chi connectivity index (χ1n) is 10.0. The second-order valence-electron chi connectivity index (χ2n) is 6.52. The number of aromatic amines is 1. The summed E-state index contributed by atoms with van der Waals surface area (Å²) in [7, 11) is 0. The monoisotopic (exact) mass is 434 g/mol. The van der Waals surface area contributed by atoms with Gasteiger partial charge in [-0.15, -0.1) is 0 Å². The smallest absolute Gasteiger partial charge is 0.268 e. The van der Waals surface area contributed by atoms with E-state index in [9.17, 15) is 9.90 Å². The van der Waals surface area contributed by atoms with E-state index in [1.54, 1.807) is 49.5 Å². The lowest BCUT2D eigenvalue weighted by molar-refractivity contribution is 0.0912. The predicted octanol–water partition coefficient (Wildman–Crippen LogP) is 4.67. The molecule has 0 spiro atoms. The van der Waals surface area contributed by atoms with Gasteiger partial charge < -0.3 is 20.7 Å². The van der Waals surface area contributed by atoms with E-state index in [0.29, 0.717) is 32.6 Å². The van der Waals surface area contributed by atoms with Crippen LogP contribution in [0.5, 0.6) is 0 Å². The predicted molar refractivity (Wildman–Crippen MR) is 117 cm³/mol. The number of hydrogen-bond donors (Lipinski definition) is 4. The summed E-state index contributed by atoms with van der Waals surface area (Å²) >= 11 is 12.3. The Bertz CT molecular complexity index is 1080. The minimum absolute atomic E-state index is 0.153. The molecular formula is C21H22Cl2N4O2. The van der Waals surface area contributed by atoms with E-state index in [0.717, 1.165) is 0 Å². The highest BCUT2D eigenvalue weighted by molar-refractivity contribution is 6.33. The van der Waals surface area contributed by atoms with Gasteiger partial charge in [0.1, 0.15) is 11.5 Å². The summed E-state index contributed by atoms with van der Waals surface area (Å²) in [5, 5.41) is 16.2. The number of carbonyl (C=O) groups is 1. The fraction of sp³-hybridized carbons (Fsp3) is 0.238. The Hall–Kier alpha value is -2.54. The number of halogens is 2. The summed E-state index contributed by atoms with van der Waals surface area (Å²) in [5.41, 5.74) is 2.25. The summed E-state index contributed by atoms with van der Waals surface area (Å²) in [5.74, 6) is -0.000561. The molecule has 1 aromatic carbocycles. The highest BCUT2D eigenvalue weighted by Gasteiger charge is 2.18. The molecule has 2 unspecified atom stereocenters. The van der Waals surface area contributed by atoms with Crippen LogP contribution in [-0.4, -0.2) is 33.6 Å². The maximum Gasteiger partial charge on any atom is 0.268 e. The number of amides is 1. The lowest BCUT2D eigenvalue weighted by Crippen LogP contribution is -2.31. The lowest BCUT2D eigenvalue weighted by Gasteiger charge is -2.16. The molecule has 2 atom stereocenters. The molecule has 3 rings (SSSR count). The van der Waals surface area contributed by atoms with E-state index < -0.39 is 18.0 Å². The van der Waals surface area contributed by atoms with Gasteiger partial charge in [-0.25, -0.2) is 4.98 Å². The van der Waals surface area contributed by atoms with Crippen molar-refractivity contribution < 1.29 is 12.6 Å². The van der Waals surface area contributed by atoms with Gasteiger partial charge in [-0.05, 0) is 43.7 Å². The molecule has 0 saturated heterocycles. The highest BCUT2D eigenvalue weighted by atomic mass is 35.5. The molecule has 29 heavy (non-hydrogen) atoms. The third-order valence-corrected chi connectivity index (χ3v) is 4.71. The number of aromatic nitrogens is 2. The van der Waals surface area contributed by atoms with E-state index in [4.69, 9.17) is 25.9 Å². The number of anilines is 1. The number of aliphatic hydroxyl groups is 1. The van der Waals surface area contributed by atoms with E-state index >= 15 is 0 Å². The van der Waals surface area contributed by atoms with Crippen molar-refractivity contribution in [1.82, 2.24) is 15.3 Å². The normalized spacial score (nSPS) is 15.0. The van der Waals surface area contributed by atoms with Crippen LogP contribution in [0.3, 0.4) is 0 Å². The number of rotatable bonds is 7. The molecule has 0 aliphatic heterocycles. The quantitative estimate of drug-likeness (QED) is 0.434. The molecule has 6 nitrogen and oxygen atoms in total. The van der Waals surface area contributed by atoms with Crippen molar-refractivity contribution in [2.24, 2.45) is 0 Å². The zero-order chi connectivity index (χ0) is 22.6. The molecule has 0 fully saturated rings. The minimum atomic E-state index is -1.19. The van der Waals surface area contributed by atoms with E-state index in [1.807, 2.05) is 0 Å². The summed E-state index contributed by atoms with van der Waals surface area (Å²) in [6.07, 6.45) is 3.09. The van der Waals surface area contributed by atoms with Gasteiger partial charge in [0.25, 0.3) is 5.91 Å². The van der Waals surface area contributed by atoms with Crippen molar-refractivity contribution in [3.8, 4) is 11.1 Å². The van der Waals surface area contributed by atoms with E-state index in [-0.39, 0.29) is 19.2 Å². The number of nitrogens with zero attached hydrogens (tertiary/aromatic N) is 1. The zero-order valence-electron chi connectivity index (χ0n) is 17.7. The Morgan fingerprint density at radius 2 is 2.21 bits per heavy atom.